The number of benzene rings is 5. The van der Waals surface area contributed by atoms with Crippen LogP contribution in [0.4, 0.5) is 10.7 Å². The average Bonchev–Trinajstić information content (AvgIpc) is 3.54. The Hall–Kier alpha value is -4.54. The minimum Gasteiger partial charge on any atom is -0.368 e. The van der Waals surface area contributed by atoms with Crippen molar-refractivity contribution in [2.75, 3.05) is 4.81 Å². The van der Waals surface area contributed by atoms with E-state index in [1.54, 1.807) is 0 Å². The molecule has 0 saturated carbocycles. The largest absolute Gasteiger partial charge is 0.368 e. The molecule has 0 unspecified atom stereocenters. The number of anilines is 2. The first-order valence-corrected chi connectivity index (χ1v) is 13.8. The van der Waals surface area contributed by atoms with Crippen LogP contribution in [0.3, 0.4) is 0 Å². The normalized spacial score (nSPS) is 12.6. The van der Waals surface area contributed by atoms with Crippen molar-refractivity contribution in [2.24, 2.45) is 0 Å². The highest BCUT2D eigenvalue weighted by Crippen LogP contribution is 2.51. The van der Waals surface area contributed by atoms with E-state index in [4.69, 9.17) is 0 Å². The van der Waals surface area contributed by atoms with E-state index in [1.165, 1.54) is 59.5 Å². The highest BCUT2D eigenvalue weighted by Gasteiger charge is 2.42. The second-order valence-electron chi connectivity index (χ2n) is 9.75. The Morgan fingerprint density at radius 3 is 1.84 bits per heavy atom. The summed E-state index contributed by atoms with van der Waals surface area (Å²) in [7, 11) is 0. The summed E-state index contributed by atoms with van der Waals surface area (Å²) >= 11 is 1.89. The van der Waals surface area contributed by atoms with Crippen LogP contribution in [0.15, 0.2) is 140 Å². The molecule has 178 valence electrons. The molecule has 3 heterocycles. The molecule has 2 aromatic heterocycles. The van der Waals surface area contributed by atoms with Gasteiger partial charge >= 0.3 is 6.85 Å². The molecule has 38 heavy (non-hydrogen) atoms. The van der Waals surface area contributed by atoms with Gasteiger partial charge in [0, 0.05) is 27.0 Å². The highest BCUT2D eigenvalue weighted by atomic mass is 32.1. The van der Waals surface area contributed by atoms with Gasteiger partial charge in [0.25, 0.3) is 0 Å². The van der Waals surface area contributed by atoms with Gasteiger partial charge in [-0.25, -0.2) is 0 Å². The van der Waals surface area contributed by atoms with Crippen molar-refractivity contribution in [2.45, 2.75) is 0 Å². The quantitative estimate of drug-likeness (QED) is 0.224. The summed E-state index contributed by atoms with van der Waals surface area (Å²) in [5, 5.41) is 3.89. The van der Waals surface area contributed by atoms with E-state index in [-0.39, 0.29) is 6.85 Å². The molecule has 0 atom stereocenters. The van der Waals surface area contributed by atoms with E-state index < -0.39 is 0 Å². The maximum atomic E-state index is 2.57. The van der Waals surface area contributed by atoms with Gasteiger partial charge in [-0.15, -0.1) is 11.3 Å². The second-order valence-corrected chi connectivity index (χ2v) is 10.8. The zero-order chi connectivity index (χ0) is 25.1. The van der Waals surface area contributed by atoms with Crippen LogP contribution in [-0.4, -0.2) is 11.4 Å². The Balaban J connectivity index is 1.59. The monoisotopic (exact) mass is 502 g/mol. The van der Waals surface area contributed by atoms with Crippen molar-refractivity contribution in [3.8, 4) is 16.9 Å². The van der Waals surface area contributed by atoms with Gasteiger partial charge in [0.2, 0.25) is 0 Å². The number of fused-ring (bicyclic) bond motifs is 7. The SMILES string of the molecule is c1ccc(B2c3c(n(-c4ccccc4)c4ccccc34)-c3c(sc4ccccc34)N2c2ccccc2)cc1. The van der Waals surface area contributed by atoms with Crippen LogP contribution < -0.4 is 15.7 Å². The Morgan fingerprint density at radius 1 is 0.526 bits per heavy atom. The number of aromatic nitrogens is 1. The van der Waals surface area contributed by atoms with Crippen molar-refractivity contribution in [1.82, 2.24) is 4.57 Å². The predicted molar refractivity (Wildman–Crippen MR) is 164 cm³/mol. The Labute approximate surface area is 226 Å². The van der Waals surface area contributed by atoms with Crippen LogP contribution in [0.2, 0.25) is 0 Å². The van der Waals surface area contributed by atoms with E-state index in [0.717, 1.165) is 0 Å². The lowest BCUT2D eigenvalue weighted by Gasteiger charge is -2.36. The van der Waals surface area contributed by atoms with E-state index >= 15 is 0 Å². The van der Waals surface area contributed by atoms with Gasteiger partial charge in [0.05, 0.1) is 16.2 Å². The van der Waals surface area contributed by atoms with Gasteiger partial charge in [-0.1, -0.05) is 109 Å². The van der Waals surface area contributed by atoms with Crippen LogP contribution in [0.1, 0.15) is 0 Å². The molecule has 1 aliphatic rings. The average molecular weight is 502 g/mol. The molecule has 2 nitrogen and oxygen atoms in total. The fourth-order valence-corrected chi connectivity index (χ4v) is 7.37. The topological polar surface area (TPSA) is 8.17 Å². The maximum absolute atomic E-state index is 2.57. The minimum atomic E-state index is 0.0315. The lowest BCUT2D eigenvalue weighted by atomic mass is 9.46. The number of hydrogen-bond donors (Lipinski definition) is 0. The molecule has 4 heteroatoms. The number of nitrogens with zero attached hydrogens (tertiary/aromatic N) is 2. The van der Waals surface area contributed by atoms with Gasteiger partial charge in [-0.05, 0) is 47.2 Å². The first kappa shape index (κ1) is 21.5. The fraction of sp³-hybridized carbons (Fsp3) is 0. The number of para-hydroxylation sites is 3. The third-order valence-corrected chi connectivity index (χ3v) is 8.81. The van der Waals surface area contributed by atoms with E-state index in [1.807, 2.05) is 11.3 Å². The summed E-state index contributed by atoms with van der Waals surface area (Å²) in [6.07, 6.45) is 0. The summed E-state index contributed by atoms with van der Waals surface area (Å²) in [5.41, 5.74) is 8.89. The van der Waals surface area contributed by atoms with Crippen LogP contribution in [0.25, 0.3) is 37.9 Å². The Morgan fingerprint density at radius 2 is 1.11 bits per heavy atom. The summed E-state index contributed by atoms with van der Waals surface area (Å²) in [4.78, 5) is 2.57. The smallest absolute Gasteiger partial charge is 0.331 e. The first-order valence-electron chi connectivity index (χ1n) is 13.0. The molecule has 0 amide bonds. The van der Waals surface area contributed by atoms with Gasteiger partial charge in [-0.2, -0.15) is 0 Å². The molecule has 5 aromatic carbocycles. The van der Waals surface area contributed by atoms with E-state index in [2.05, 4.69) is 149 Å². The van der Waals surface area contributed by atoms with Crippen molar-refractivity contribution in [1.29, 1.82) is 0 Å². The van der Waals surface area contributed by atoms with E-state index in [9.17, 15) is 0 Å². The maximum Gasteiger partial charge on any atom is 0.331 e. The lowest BCUT2D eigenvalue weighted by molar-refractivity contribution is 1.14. The van der Waals surface area contributed by atoms with Crippen LogP contribution in [0, 0.1) is 0 Å². The standard InChI is InChI=1S/C34H23BN2S/c1-4-14-24(15-5-1)35-32-27-20-10-12-22-29(27)36(25-16-6-2-7-17-25)33(32)31-28-21-11-13-23-30(28)38-34(31)37(35)26-18-8-3-9-19-26/h1-23H. The zero-order valence-corrected chi connectivity index (χ0v) is 21.5. The predicted octanol–water partition coefficient (Wildman–Crippen LogP) is 7.77. The number of rotatable bonds is 3. The van der Waals surface area contributed by atoms with Crippen molar-refractivity contribution < 1.29 is 0 Å². The fourth-order valence-electron chi connectivity index (χ4n) is 6.12. The molecule has 0 N–H and O–H groups in total. The van der Waals surface area contributed by atoms with Crippen molar-refractivity contribution >= 4 is 60.8 Å². The molecule has 8 rings (SSSR count). The lowest BCUT2D eigenvalue weighted by Crippen LogP contribution is -2.57. The molecule has 0 fully saturated rings. The number of thiophene rings is 1. The zero-order valence-electron chi connectivity index (χ0n) is 20.7. The highest BCUT2D eigenvalue weighted by molar-refractivity contribution is 7.25. The summed E-state index contributed by atoms with van der Waals surface area (Å²) < 4.78 is 3.80. The third-order valence-electron chi connectivity index (χ3n) is 7.64. The van der Waals surface area contributed by atoms with Crippen molar-refractivity contribution in [3.63, 3.8) is 0 Å². The van der Waals surface area contributed by atoms with Gasteiger partial charge in [0.15, 0.2) is 0 Å². The molecule has 7 aromatic rings. The molecule has 0 saturated heterocycles. The Kier molecular flexibility index (Phi) is 4.82. The molecular weight excluding hydrogens is 479 g/mol. The minimum absolute atomic E-state index is 0.0315. The third kappa shape index (κ3) is 3.07. The molecule has 0 aliphatic carbocycles. The number of hydrogen-bond acceptors (Lipinski definition) is 2. The summed E-state index contributed by atoms with van der Waals surface area (Å²) in [6, 6.07) is 50.4. The van der Waals surface area contributed by atoms with Crippen molar-refractivity contribution in [3.05, 3.63) is 140 Å². The van der Waals surface area contributed by atoms with Crippen LogP contribution in [0.5, 0.6) is 0 Å². The van der Waals surface area contributed by atoms with Gasteiger partial charge < -0.3 is 9.38 Å². The van der Waals surface area contributed by atoms with Gasteiger partial charge in [-0.3, -0.25) is 0 Å². The summed E-state index contributed by atoms with van der Waals surface area (Å²) in [5.74, 6) is 0. The summed E-state index contributed by atoms with van der Waals surface area (Å²) in [6.45, 7) is 0.0315. The molecule has 0 bridgehead atoms. The van der Waals surface area contributed by atoms with Gasteiger partial charge in [0.1, 0.15) is 0 Å². The van der Waals surface area contributed by atoms with E-state index in [0.29, 0.717) is 0 Å². The first-order chi connectivity index (χ1) is 18.9. The molecule has 0 radical (unpaired) electrons. The van der Waals surface area contributed by atoms with Crippen LogP contribution in [-0.2, 0) is 0 Å². The molecule has 0 spiro atoms. The molecular formula is C34H23BN2S. The Bertz CT molecular complexity index is 1920. The molecule has 1 aliphatic heterocycles. The van der Waals surface area contributed by atoms with Crippen LogP contribution >= 0.6 is 11.3 Å². The second kappa shape index (κ2) is 8.51.